The second-order valence-corrected chi connectivity index (χ2v) is 7.83. The van der Waals surface area contributed by atoms with Gasteiger partial charge in [-0.05, 0) is 52.7 Å². The number of nitrogens with zero attached hydrogens (tertiary/aromatic N) is 4. The molecule has 0 spiro atoms. The number of carbonyl (C=O) groups excluding carboxylic acids is 1. The molecule has 1 N–H and O–H groups in total. The zero-order chi connectivity index (χ0) is 20.0. The predicted molar refractivity (Wildman–Crippen MR) is 106 cm³/mol. The van der Waals surface area contributed by atoms with Crippen LogP contribution in [0.4, 0.5) is 0 Å². The van der Waals surface area contributed by atoms with Crippen molar-refractivity contribution in [3.8, 4) is 11.3 Å². The number of aryl methyl sites for hydroxylation is 2. The molecule has 1 fully saturated rings. The molecule has 3 aromatic heterocycles. The van der Waals surface area contributed by atoms with Gasteiger partial charge < -0.3 is 14.4 Å². The lowest BCUT2D eigenvalue weighted by molar-refractivity contribution is 0.0548. The average Bonchev–Trinajstić information content (AvgIpc) is 3.23. The predicted octanol–water partition coefficient (Wildman–Crippen LogP) is 3.49. The van der Waals surface area contributed by atoms with Crippen LogP contribution in [0, 0.1) is 13.8 Å². The first kappa shape index (κ1) is 18.7. The molecule has 0 aliphatic carbocycles. The van der Waals surface area contributed by atoms with Crippen molar-refractivity contribution in [2.24, 2.45) is 0 Å². The summed E-state index contributed by atoms with van der Waals surface area (Å²) >= 11 is 0. The summed E-state index contributed by atoms with van der Waals surface area (Å²) in [6.07, 6.45) is 2.62. The molecule has 0 unspecified atom stereocenters. The van der Waals surface area contributed by atoms with Gasteiger partial charge >= 0.3 is 0 Å². The van der Waals surface area contributed by atoms with E-state index in [1.165, 1.54) is 0 Å². The van der Waals surface area contributed by atoms with Crippen molar-refractivity contribution in [3.05, 3.63) is 35.4 Å². The first-order valence-electron chi connectivity index (χ1n) is 9.78. The van der Waals surface area contributed by atoms with Crippen molar-refractivity contribution in [1.82, 2.24) is 19.7 Å². The molecule has 0 saturated carbocycles. The Hall–Kier alpha value is -2.67. The number of carbonyl (C=O) groups is 1. The topological polar surface area (TPSA) is 84.4 Å². The fourth-order valence-electron chi connectivity index (χ4n) is 3.84. The molecule has 1 aliphatic rings. The lowest BCUT2D eigenvalue weighted by Crippen LogP contribution is -2.40. The largest absolute Gasteiger partial charge is 0.466 e. The Bertz CT molecular complexity index is 1030. The first-order valence-corrected chi connectivity index (χ1v) is 9.78. The van der Waals surface area contributed by atoms with Crippen LogP contribution in [-0.4, -0.2) is 49.9 Å². The molecule has 0 atom stereocenters. The van der Waals surface area contributed by atoms with Crippen LogP contribution in [0.2, 0.25) is 0 Å². The molecular weight excluding hydrogens is 356 g/mol. The molecule has 28 heavy (non-hydrogen) atoms. The third kappa shape index (κ3) is 3.20. The lowest BCUT2D eigenvalue weighted by atomic mass is 10.0. The van der Waals surface area contributed by atoms with E-state index in [4.69, 9.17) is 9.40 Å². The van der Waals surface area contributed by atoms with Gasteiger partial charge in [-0.25, -0.2) is 9.67 Å². The highest BCUT2D eigenvalue weighted by Crippen LogP contribution is 2.31. The number of pyridine rings is 1. The van der Waals surface area contributed by atoms with Gasteiger partial charge in [0.25, 0.3) is 5.91 Å². The minimum Gasteiger partial charge on any atom is -0.466 e. The summed E-state index contributed by atoms with van der Waals surface area (Å²) in [5.41, 5.74) is 2.90. The molecule has 148 valence electrons. The zero-order valence-electron chi connectivity index (χ0n) is 16.8. The molecule has 0 bridgehead atoms. The van der Waals surface area contributed by atoms with Gasteiger partial charge in [-0.1, -0.05) is 0 Å². The Balaban J connectivity index is 1.87. The van der Waals surface area contributed by atoms with Crippen molar-refractivity contribution in [1.29, 1.82) is 0 Å². The maximum Gasteiger partial charge on any atom is 0.254 e. The van der Waals surface area contributed by atoms with Gasteiger partial charge in [0.15, 0.2) is 5.65 Å². The highest BCUT2D eigenvalue weighted by Gasteiger charge is 2.26. The SMILES string of the molecule is Cc1cc(-c2cc(C(=O)N3CCC(O)CC3)c3cnn(C(C)C)c3n2)c(C)o1. The molecule has 7 heteroatoms. The van der Waals surface area contributed by atoms with Gasteiger partial charge in [-0.15, -0.1) is 0 Å². The smallest absolute Gasteiger partial charge is 0.254 e. The van der Waals surface area contributed by atoms with Gasteiger partial charge in [0.2, 0.25) is 0 Å². The summed E-state index contributed by atoms with van der Waals surface area (Å²) in [5.74, 6) is 1.55. The number of likely N-dealkylation sites (tertiary alicyclic amines) is 1. The number of fused-ring (bicyclic) bond motifs is 1. The van der Waals surface area contributed by atoms with Crippen LogP contribution in [0.3, 0.4) is 0 Å². The normalized spacial score (nSPS) is 15.7. The molecule has 3 aromatic rings. The standard InChI is InChI=1S/C21H26N4O3/c1-12(2)25-20-18(11-22-25)17(21(27)24-7-5-15(26)6-8-24)10-19(23-20)16-9-13(3)28-14(16)4/h9-12,15,26H,5-8H2,1-4H3. The number of hydrogen-bond acceptors (Lipinski definition) is 5. The highest BCUT2D eigenvalue weighted by atomic mass is 16.3. The van der Waals surface area contributed by atoms with E-state index >= 15 is 0 Å². The summed E-state index contributed by atoms with van der Waals surface area (Å²) < 4.78 is 7.53. The van der Waals surface area contributed by atoms with E-state index in [1.807, 2.05) is 49.4 Å². The van der Waals surface area contributed by atoms with Gasteiger partial charge in [0.1, 0.15) is 11.5 Å². The zero-order valence-corrected chi connectivity index (χ0v) is 16.8. The van der Waals surface area contributed by atoms with Crippen molar-refractivity contribution < 1.29 is 14.3 Å². The summed E-state index contributed by atoms with van der Waals surface area (Å²) in [4.78, 5) is 20.0. The van der Waals surface area contributed by atoms with Gasteiger partial charge in [0.05, 0.1) is 28.9 Å². The Morgan fingerprint density at radius 1 is 1.25 bits per heavy atom. The van der Waals surface area contributed by atoms with E-state index in [-0.39, 0.29) is 18.1 Å². The number of aliphatic hydroxyl groups is 1. The number of piperidine rings is 1. The van der Waals surface area contributed by atoms with Crippen molar-refractivity contribution in [2.75, 3.05) is 13.1 Å². The average molecular weight is 382 g/mol. The Morgan fingerprint density at radius 2 is 1.96 bits per heavy atom. The van der Waals surface area contributed by atoms with Crippen LogP contribution < -0.4 is 0 Å². The second-order valence-electron chi connectivity index (χ2n) is 7.83. The third-order valence-electron chi connectivity index (χ3n) is 5.35. The molecule has 4 rings (SSSR count). The summed E-state index contributed by atoms with van der Waals surface area (Å²) in [6, 6.07) is 3.92. The number of furan rings is 1. The Kier molecular flexibility index (Phi) is 4.71. The Morgan fingerprint density at radius 3 is 2.57 bits per heavy atom. The third-order valence-corrected chi connectivity index (χ3v) is 5.35. The van der Waals surface area contributed by atoms with Gasteiger partial charge in [-0.3, -0.25) is 4.79 Å². The van der Waals surface area contributed by atoms with Crippen LogP contribution in [0.5, 0.6) is 0 Å². The van der Waals surface area contributed by atoms with E-state index in [0.29, 0.717) is 42.8 Å². The number of aliphatic hydroxyl groups excluding tert-OH is 1. The van der Waals surface area contributed by atoms with Crippen molar-refractivity contribution >= 4 is 16.9 Å². The van der Waals surface area contributed by atoms with E-state index in [1.54, 1.807) is 6.20 Å². The van der Waals surface area contributed by atoms with Gasteiger partial charge in [-0.2, -0.15) is 5.10 Å². The first-order chi connectivity index (χ1) is 13.3. The monoisotopic (exact) mass is 382 g/mol. The summed E-state index contributed by atoms with van der Waals surface area (Å²) in [5, 5.41) is 15.0. The lowest BCUT2D eigenvalue weighted by Gasteiger charge is -2.29. The van der Waals surface area contributed by atoms with Crippen LogP contribution in [0.25, 0.3) is 22.3 Å². The van der Waals surface area contributed by atoms with E-state index in [2.05, 4.69) is 5.10 Å². The molecule has 1 aliphatic heterocycles. The fourth-order valence-corrected chi connectivity index (χ4v) is 3.84. The second kappa shape index (κ2) is 7.05. The number of rotatable bonds is 3. The van der Waals surface area contributed by atoms with E-state index in [9.17, 15) is 9.90 Å². The highest BCUT2D eigenvalue weighted by molar-refractivity contribution is 6.06. The van der Waals surface area contributed by atoms with E-state index in [0.717, 1.165) is 22.5 Å². The van der Waals surface area contributed by atoms with Crippen LogP contribution in [0.15, 0.2) is 22.7 Å². The van der Waals surface area contributed by atoms with Gasteiger partial charge in [0, 0.05) is 24.7 Å². The number of aromatic nitrogens is 3. The molecule has 1 saturated heterocycles. The quantitative estimate of drug-likeness (QED) is 0.750. The maximum absolute atomic E-state index is 13.3. The van der Waals surface area contributed by atoms with E-state index < -0.39 is 0 Å². The number of amides is 1. The van der Waals surface area contributed by atoms with Crippen molar-refractivity contribution in [3.63, 3.8) is 0 Å². The van der Waals surface area contributed by atoms with Crippen LogP contribution in [-0.2, 0) is 0 Å². The molecule has 1 amide bonds. The fraction of sp³-hybridized carbons (Fsp3) is 0.476. The number of hydrogen-bond donors (Lipinski definition) is 1. The molecular formula is C21H26N4O3. The Labute approximate surface area is 164 Å². The van der Waals surface area contributed by atoms with Crippen LogP contribution in [0.1, 0.15) is 54.6 Å². The summed E-state index contributed by atoms with van der Waals surface area (Å²) in [7, 11) is 0. The van der Waals surface area contributed by atoms with Crippen LogP contribution >= 0.6 is 0 Å². The minimum absolute atomic E-state index is 0.0401. The molecule has 0 radical (unpaired) electrons. The molecule has 0 aromatic carbocycles. The molecule has 7 nitrogen and oxygen atoms in total. The minimum atomic E-state index is -0.322. The summed E-state index contributed by atoms with van der Waals surface area (Å²) in [6.45, 7) is 9.01. The maximum atomic E-state index is 13.3. The van der Waals surface area contributed by atoms with Crippen molar-refractivity contribution in [2.45, 2.75) is 52.7 Å². The molecule has 4 heterocycles.